The van der Waals surface area contributed by atoms with Crippen LogP contribution in [0.25, 0.3) is 0 Å². The van der Waals surface area contributed by atoms with E-state index in [-0.39, 0.29) is 16.3 Å². The molecular formula is C15H10F2N4O3. The van der Waals surface area contributed by atoms with Crippen LogP contribution in [0.5, 0.6) is 0 Å². The summed E-state index contributed by atoms with van der Waals surface area (Å²) in [6.07, 6.45) is 3.93. The van der Waals surface area contributed by atoms with Gasteiger partial charge >= 0.3 is 11.8 Å². The van der Waals surface area contributed by atoms with Crippen molar-refractivity contribution >= 4 is 23.5 Å². The molecule has 122 valence electrons. The minimum Gasteiger partial charge on any atom is -0.308 e. The van der Waals surface area contributed by atoms with Crippen LogP contribution < -0.4 is 5.32 Å². The first-order valence-electron chi connectivity index (χ1n) is 6.80. The maximum Gasteiger partial charge on any atom is 0.351 e. The van der Waals surface area contributed by atoms with Crippen molar-refractivity contribution in [2.45, 2.75) is 5.92 Å². The average Bonchev–Trinajstić information content (AvgIpc) is 2.58. The number of halogens is 2. The lowest BCUT2D eigenvalue weighted by molar-refractivity contribution is -0.158. The first kappa shape index (κ1) is 15.7. The summed E-state index contributed by atoms with van der Waals surface area (Å²) in [7, 11) is 0. The van der Waals surface area contributed by atoms with Gasteiger partial charge in [0.2, 0.25) is 5.91 Å². The first-order valence-corrected chi connectivity index (χ1v) is 6.80. The van der Waals surface area contributed by atoms with Gasteiger partial charge < -0.3 is 5.32 Å². The molecule has 0 spiro atoms. The molecule has 7 nitrogen and oxygen atoms in total. The molecule has 2 aromatic rings. The molecule has 0 fully saturated rings. The van der Waals surface area contributed by atoms with Gasteiger partial charge in [0.05, 0.1) is 6.20 Å². The molecule has 0 aliphatic carbocycles. The quantitative estimate of drug-likeness (QED) is 0.853. The molecule has 1 aromatic carbocycles. The highest BCUT2D eigenvalue weighted by Crippen LogP contribution is 2.37. The minimum atomic E-state index is -3.88. The van der Waals surface area contributed by atoms with Crippen LogP contribution in [0.2, 0.25) is 0 Å². The number of hydrogen-bond donors (Lipinski definition) is 1. The predicted molar refractivity (Wildman–Crippen MR) is 77.0 cm³/mol. The van der Waals surface area contributed by atoms with Gasteiger partial charge in [0.25, 0.3) is 5.91 Å². The Morgan fingerprint density at radius 3 is 2.67 bits per heavy atom. The number of rotatable bonds is 3. The summed E-state index contributed by atoms with van der Waals surface area (Å²) in [5, 5.41) is 2.28. The summed E-state index contributed by atoms with van der Waals surface area (Å²) < 4.78 is 28.4. The molecule has 3 amide bonds. The number of alkyl halides is 2. The van der Waals surface area contributed by atoms with E-state index in [4.69, 9.17) is 0 Å². The average molecular weight is 332 g/mol. The van der Waals surface area contributed by atoms with Gasteiger partial charge in [0, 0.05) is 23.5 Å². The highest BCUT2D eigenvalue weighted by atomic mass is 19.3. The van der Waals surface area contributed by atoms with Gasteiger partial charge in [0.1, 0.15) is 6.54 Å². The molecule has 0 radical (unpaired) electrons. The molecule has 1 aromatic heterocycles. The van der Waals surface area contributed by atoms with Crippen molar-refractivity contribution in [1.82, 2.24) is 14.9 Å². The Balaban J connectivity index is 1.85. The summed E-state index contributed by atoms with van der Waals surface area (Å²) in [4.78, 5) is 43.9. The van der Waals surface area contributed by atoms with Crippen molar-refractivity contribution < 1.29 is 23.2 Å². The Bertz CT molecular complexity index is 826. The van der Waals surface area contributed by atoms with Crippen LogP contribution in [0, 0.1) is 0 Å². The Kier molecular flexibility index (Phi) is 3.76. The first-order chi connectivity index (χ1) is 11.4. The van der Waals surface area contributed by atoms with E-state index in [2.05, 4.69) is 15.3 Å². The number of nitrogens with one attached hydrogen (secondary N) is 1. The lowest BCUT2D eigenvalue weighted by Crippen LogP contribution is -2.52. The lowest BCUT2D eigenvalue weighted by atomic mass is 9.95. The largest absolute Gasteiger partial charge is 0.351 e. The van der Waals surface area contributed by atoms with Crippen LogP contribution in [0.1, 0.15) is 15.9 Å². The van der Waals surface area contributed by atoms with E-state index in [1.807, 2.05) is 0 Å². The van der Waals surface area contributed by atoms with Gasteiger partial charge in [0.15, 0.2) is 5.82 Å². The molecule has 2 heterocycles. The second-order valence-corrected chi connectivity index (χ2v) is 4.96. The van der Waals surface area contributed by atoms with Crippen LogP contribution in [0.15, 0.2) is 42.9 Å². The molecule has 9 heteroatoms. The highest BCUT2D eigenvalue weighted by Gasteiger charge is 2.52. The summed E-state index contributed by atoms with van der Waals surface area (Å²) in [6, 6.07) is 4.91. The third-order valence-corrected chi connectivity index (χ3v) is 3.39. The molecule has 0 saturated carbocycles. The Hall–Kier alpha value is -3.23. The normalized spacial score (nSPS) is 15.8. The summed E-state index contributed by atoms with van der Waals surface area (Å²) >= 11 is 0. The number of benzene rings is 1. The molecule has 1 aliphatic rings. The standard InChI is InChI=1S/C15H10F2N4O3/c16-15(17)10-4-2-1-3-9(10)13(23)21(14(15)24)8-12(22)20-11-7-18-5-6-19-11/h1-7H,8H2,(H,19,20,22). The van der Waals surface area contributed by atoms with E-state index in [9.17, 15) is 23.2 Å². The van der Waals surface area contributed by atoms with E-state index in [1.165, 1.54) is 36.8 Å². The molecule has 0 atom stereocenters. The van der Waals surface area contributed by atoms with Gasteiger partial charge in [-0.15, -0.1) is 0 Å². The zero-order valence-electron chi connectivity index (χ0n) is 12.1. The van der Waals surface area contributed by atoms with E-state index in [0.717, 1.165) is 6.07 Å². The van der Waals surface area contributed by atoms with Crippen LogP contribution in [0.4, 0.5) is 14.6 Å². The summed E-state index contributed by atoms with van der Waals surface area (Å²) in [5.41, 5.74) is -0.972. The van der Waals surface area contributed by atoms with E-state index < -0.39 is 35.8 Å². The molecule has 1 N–H and O–H groups in total. The number of hydrogen-bond acceptors (Lipinski definition) is 5. The molecule has 1 aliphatic heterocycles. The SMILES string of the molecule is O=C(CN1C(=O)c2ccccc2C(F)(F)C1=O)Nc1cnccn1. The van der Waals surface area contributed by atoms with Crippen LogP contribution in [-0.2, 0) is 15.5 Å². The number of aromatic nitrogens is 2. The third kappa shape index (κ3) is 2.60. The zero-order valence-corrected chi connectivity index (χ0v) is 12.1. The number of fused-ring (bicyclic) bond motifs is 1. The Labute approximate surface area is 134 Å². The van der Waals surface area contributed by atoms with E-state index >= 15 is 0 Å². The number of amides is 3. The minimum absolute atomic E-state index is 0.0755. The molecule has 0 unspecified atom stereocenters. The number of carbonyl (C=O) groups excluding carboxylic acids is 3. The van der Waals surface area contributed by atoms with Gasteiger partial charge in [-0.3, -0.25) is 24.3 Å². The predicted octanol–water partition coefficient (Wildman–Crippen LogP) is 1.19. The van der Waals surface area contributed by atoms with E-state index in [0.29, 0.717) is 0 Å². The van der Waals surface area contributed by atoms with Crippen LogP contribution >= 0.6 is 0 Å². The number of carbonyl (C=O) groups is 3. The monoisotopic (exact) mass is 332 g/mol. The molecule has 3 rings (SSSR count). The molecule has 0 bridgehead atoms. The Morgan fingerprint density at radius 1 is 1.21 bits per heavy atom. The van der Waals surface area contributed by atoms with Crippen molar-refractivity contribution in [3.8, 4) is 0 Å². The summed E-state index contributed by atoms with van der Waals surface area (Å²) in [5.74, 6) is -7.33. The molecular weight excluding hydrogens is 322 g/mol. The number of imide groups is 1. The zero-order chi connectivity index (χ0) is 17.3. The van der Waals surface area contributed by atoms with Gasteiger partial charge in [-0.25, -0.2) is 4.98 Å². The third-order valence-electron chi connectivity index (χ3n) is 3.39. The summed E-state index contributed by atoms with van der Waals surface area (Å²) in [6.45, 7) is -0.849. The van der Waals surface area contributed by atoms with Gasteiger partial charge in [-0.05, 0) is 6.07 Å². The maximum absolute atomic E-state index is 14.2. The molecule has 0 saturated heterocycles. The number of anilines is 1. The van der Waals surface area contributed by atoms with Crippen molar-refractivity contribution in [3.63, 3.8) is 0 Å². The Morgan fingerprint density at radius 2 is 1.96 bits per heavy atom. The fraction of sp³-hybridized carbons (Fsp3) is 0.133. The van der Waals surface area contributed by atoms with Crippen LogP contribution in [-0.4, -0.2) is 39.1 Å². The van der Waals surface area contributed by atoms with Crippen molar-refractivity contribution in [1.29, 1.82) is 0 Å². The lowest BCUT2D eigenvalue weighted by Gasteiger charge is -2.31. The van der Waals surface area contributed by atoms with Crippen molar-refractivity contribution in [2.75, 3.05) is 11.9 Å². The molecule has 24 heavy (non-hydrogen) atoms. The van der Waals surface area contributed by atoms with Crippen molar-refractivity contribution in [2.24, 2.45) is 0 Å². The second kappa shape index (κ2) is 5.76. The van der Waals surface area contributed by atoms with E-state index in [1.54, 1.807) is 0 Å². The smallest absolute Gasteiger partial charge is 0.308 e. The second-order valence-electron chi connectivity index (χ2n) is 4.96. The topological polar surface area (TPSA) is 92.3 Å². The van der Waals surface area contributed by atoms with Gasteiger partial charge in [-0.1, -0.05) is 18.2 Å². The fourth-order valence-corrected chi connectivity index (χ4v) is 2.30. The fourth-order valence-electron chi connectivity index (χ4n) is 2.30. The maximum atomic E-state index is 14.2. The van der Waals surface area contributed by atoms with Crippen LogP contribution in [0.3, 0.4) is 0 Å². The van der Waals surface area contributed by atoms with Gasteiger partial charge in [-0.2, -0.15) is 8.78 Å². The van der Waals surface area contributed by atoms with Crippen molar-refractivity contribution in [3.05, 3.63) is 54.0 Å². The number of nitrogens with zero attached hydrogens (tertiary/aromatic N) is 3. The highest BCUT2D eigenvalue weighted by molar-refractivity contribution is 6.14.